The smallest absolute Gasteiger partial charge is 0.368 e. The molecule has 1 saturated carbocycles. The van der Waals surface area contributed by atoms with E-state index in [-0.39, 0.29) is 35.0 Å². The molecule has 0 aromatic heterocycles. The summed E-state index contributed by atoms with van der Waals surface area (Å²) in [5.74, 6) is -1.32. The fraction of sp³-hybridized carbons (Fsp3) is 0.385. The van der Waals surface area contributed by atoms with Crippen molar-refractivity contribution in [3.05, 3.63) is 70.3 Å². The van der Waals surface area contributed by atoms with Crippen LogP contribution in [0.25, 0.3) is 0 Å². The summed E-state index contributed by atoms with van der Waals surface area (Å²) in [6, 6.07) is 9.50. The van der Waals surface area contributed by atoms with E-state index in [1.165, 1.54) is 12.1 Å². The lowest BCUT2D eigenvalue weighted by molar-refractivity contribution is -0.384. The molecule has 0 N–H and O–H groups in total. The Morgan fingerprint density at radius 2 is 1.46 bits per heavy atom. The van der Waals surface area contributed by atoms with Gasteiger partial charge in [0.05, 0.1) is 28.0 Å². The Bertz CT molecular complexity index is 1310. The number of amides is 2. The second kappa shape index (κ2) is 8.32. The summed E-state index contributed by atoms with van der Waals surface area (Å²) in [4.78, 5) is 42.4. The first kappa shape index (κ1) is 23.5. The molecule has 2 saturated heterocycles. The molecule has 0 radical (unpaired) electrons. The van der Waals surface area contributed by atoms with Gasteiger partial charge in [-0.2, -0.15) is 13.2 Å². The van der Waals surface area contributed by atoms with Gasteiger partial charge in [0, 0.05) is 37.9 Å². The number of nitro groups is 1. The van der Waals surface area contributed by atoms with Gasteiger partial charge < -0.3 is 9.80 Å². The maximum atomic E-state index is 13.1. The Kier molecular flexibility index (Phi) is 5.29. The molecule has 0 spiro atoms. The Labute approximate surface area is 210 Å². The van der Waals surface area contributed by atoms with Gasteiger partial charge in [-0.05, 0) is 48.6 Å². The number of alkyl halides is 3. The molecule has 2 aromatic carbocycles. The largest absolute Gasteiger partial charge is 0.416 e. The van der Waals surface area contributed by atoms with E-state index in [0.717, 1.165) is 23.5 Å². The van der Waals surface area contributed by atoms with Gasteiger partial charge in [-0.1, -0.05) is 18.2 Å². The molecule has 11 heteroatoms. The Morgan fingerprint density at radius 1 is 0.838 bits per heavy atom. The minimum atomic E-state index is -4.44. The molecule has 3 fully saturated rings. The first-order valence-electron chi connectivity index (χ1n) is 12.2. The SMILES string of the molecule is O=C1[C@@H]2[C@@H](C(=O)N1c1ccc(N3CCN(c4cccc(C(F)(F)F)c4)CC3)c([N+](=O)[O-])c1)[C@H]1C=C[C@H]2C1. The maximum Gasteiger partial charge on any atom is 0.416 e. The Hall–Kier alpha value is -3.89. The number of carbonyl (C=O) groups is 2. The second-order valence-corrected chi connectivity index (χ2v) is 9.96. The van der Waals surface area contributed by atoms with Crippen molar-refractivity contribution in [2.75, 3.05) is 40.9 Å². The minimum absolute atomic E-state index is 0.0406. The summed E-state index contributed by atoms with van der Waals surface area (Å²) < 4.78 is 39.3. The van der Waals surface area contributed by atoms with Gasteiger partial charge in [-0.25, -0.2) is 4.90 Å². The number of hydrogen-bond donors (Lipinski definition) is 0. The van der Waals surface area contributed by atoms with E-state index in [1.54, 1.807) is 23.1 Å². The number of piperazine rings is 1. The van der Waals surface area contributed by atoms with Crippen molar-refractivity contribution in [1.82, 2.24) is 0 Å². The molecule has 2 aliphatic carbocycles. The topological polar surface area (TPSA) is 87.0 Å². The molecule has 8 nitrogen and oxygen atoms in total. The van der Waals surface area contributed by atoms with Crippen LogP contribution in [0.2, 0.25) is 0 Å². The third-order valence-corrected chi connectivity index (χ3v) is 8.04. The average molecular weight is 512 g/mol. The average Bonchev–Trinajstić information content (AvgIpc) is 3.57. The minimum Gasteiger partial charge on any atom is -0.368 e. The lowest BCUT2D eigenvalue weighted by Crippen LogP contribution is -2.46. The van der Waals surface area contributed by atoms with Crippen LogP contribution in [-0.2, 0) is 15.8 Å². The van der Waals surface area contributed by atoms with Crippen molar-refractivity contribution < 1.29 is 27.7 Å². The molecule has 2 heterocycles. The third kappa shape index (κ3) is 3.75. The highest BCUT2D eigenvalue weighted by Crippen LogP contribution is 2.53. The molecule has 2 aliphatic heterocycles. The molecule has 4 atom stereocenters. The Morgan fingerprint density at radius 3 is 2.05 bits per heavy atom. The summed E-state index contributed by atoms with van der Waals surface area (Å²) in [5, 5.41) is 12.0. The van der Waals surface area contributed by atoms with Crippen LogP contribution in [-0.4, -0.2) is 42.9 Å². The van der Waals surface area contributed by atoms with Crippen LogP contribution in [0.4, 0.5) is 35.9 Å². The van der Waals surface area contributed by atoms with Gasteiger partial charge in [0.15, 0.2) is 0 Å². The molecule has 2 amide bonds. The van der Waals surface area contributed by atoms with E-state index in [9.17, 15) is 32.9 Å². The molecule has 37 heavy (non-hydrogen) atoms. The predicted octanol–water partition coefficient (Wildman–Crippen LogP) is 4.25. The van der Waals surface area contributed by atoms with E-state index in [2.05, 4.69) is 0 Å². The Balaban J connectivity index is 1.21. The molecule has 4 aliphatic rings. The van der Waals surface area contributed by atoms with Crippen LogP contribution in [0.3, 0.4) is 0 Å². The van der Waals surface area contributed by atoms with E-state index in [4.69, 9.17) is 0 Å². The third-order valence-electron chi connectivity index (χ3n) is 8.04. The maximum absolute atomic E-state index is 13.1. The highest BCUT2D eigenvalue weighted by Gasteiger charge is 2.59. The summed E-state index contributed by atoms with van der Waals surface area (Å²) in [5.41, 5.74) is 0.0427. The van der Waals surface area contributed by atoms with Crippen LogP contribution < -0.4 is 14.7 Å². The zero-order chi connectivity index (χ0) is 26.1. The number of anilines is 3. The molecule has 192 valence electrons. The monoisotopic (exact) mass is 512 g/mol. The van der Waals surface area contributed by atoms with Gasteiger partial charge in [-0.15, -0.1) is 0 Å². The number of carbonyl (C=O) groups excluding carboxylic acids is 2. The molecule has 6 rings (SSSR count). The summed E-state index contributed by atoms with van der Waals surface area (Å²) in [6.07, 6.45) is 0.343. The highest BCUT2D eigenvalue weighted by molar-refractivity contribution is 6.23. The van der Waals surface area contributed by atoms with Crippen molar-refractivity contribution in [1.29, 1.82) is 0 Å². The number of nitro benzene ring substituents is 1. The molecular formula is C26H23F3N4O4. The zero-order valence-electron chi connectivity index (χ0n) is 19.6. The van der Waals surface area contributed by atoms with Crippen molar-refractivity contribution >= 4 is 34.6 Å². The fourth-order valence-corrected chi connectivity index (χ4v) is 6.31. The van der Waals surface area contributed by atoms with Crippen LogP contribution >= 0.6 is 0 Å². The van der Waals surface area contributed by atoms with Crippen LogP contribution in [0.15, 0.2) is 54.6 Å². The van der Waals surface area contributed by atoms with Crippen LogP contribution in [0.1, 0.15) is 12.0 Å². The molecular weight excluding hydrogens is 489 g/mol. The van der Waals surface area contributed by atoms with Gasteiger partial charge in [0.1, 0.15) is 5.69 Å². The highest BCUT2D eigenvalue weighted by atomic mass is 19.4. The van der Waals surface area contributed by atoms with E-state index >= 15 is 0 Å². The van der Waals surface area contributed by atoms with Gasteiger partial charge >= 0.3 is 6.18 Å². The normalized spacial score (nSPS) is 26.8. The predicted molar refractivity (Wildman–Crippen MR) is 129 cm³/mol. The number of rotatable bonds is 4. The standard InChI is InChI=1S/C26H23F3N4O4/c27-26(28,29)17-2-1-3-18(13-17)30-8-10-31(11-9-30)20-7-6-19(14-21(20)33(36)37)32-24(34)22-15-4-5-16(12-15)23(22)25(32)35/h1-7,13-16,22-23H,8-12H2/t15-,16-,22-,23-/m0/s1. The first-order valence-corrected chi connectivity index (χ1v) is 12.2. The first-order chi connectivity index (χ1) is 17.6. The number of benzene rings is 2. The van der Waals surface area contributed by atoms with Crippen LogP contribution in [0.5, 0.6) is 0 Å². The van der Waals surface area contributed by atoms with Crippen LogP contribution in [0, 0.1) is 33.8 Å². The number of hydrogen-bond acceptors (Lipinski definition) is 6. The molecule has 2 bridgehead atoms. The quantitative estimate of drug-likeness (QED) is 0.264. The summed E-state index contributed by atoms with van der Waals surface area (Å²) in [7, 11) is 0. The number of allylic oxidation sites excluding steroid dienone is 2. The lowest BCUT2D eigenvalue weighted by Gasteiger charge is -2.37. The summed E-state index contributed by atoms with van der Waals surface area (Å²) in [6.45, 7) is 1.47. The number of fused-ring (bicyclic) bond motifs is 5. The van der Waals surface area contributed by atoms with Gasteiger partial charge in [0.25, 0.3) is 5.69 Å². The lowest BCUT2D eigenvalue weighted by atomic mass is 9.85. The van der Waals surface area contributed by atoms with E-state index in [0.29, 0.717) is 37.6 Å². The van der Waals surface area contributed by atoms with Crippen molar-refractivity contribution in [2.45, 2.75) is 12.6 Å². The number of halogens is 3. The number of nitrogens with zero attached hydrogens (tertiary/aromatic N) is 4. The zero-order valence-corrected chi connectivity index (χ0v) is 19.6. The van der Waals surface area contributed by atoms with E-state index < -0.39 is 28.5 Å². The summed E-state index contributed by atoms with van der Waals surface area (Å²) >= 11 is 0. The molecule has 0 unspecified atom stereocenters. The van der Waals surface area contributed by atoms with Crippen molar-refractivity contribution in [3.8, 4) is 0 Å². The fourth-order valence-electron chi connectivity index (χ4n) is 6.31. The van der Waals surface area contributed by atoms with Gasteiger partial charge in [-0.3, -0.25) is 19.7 Å². The van der Waals surface area contributed by atoms with E-state index in [1.807, 2.05) is 17.1 Å². The van der Waals surface area contributed by atoms with Gasteiger partial charge in [0.2, 0.25) is 11.8 Å². The molecule has 2 aromatic rings. The van der Waals surface area contributed by atoms with Crippen molar-refractivity contribution in [3.63, 3.8) is 0 Å². The second-order valence-electron chi connectivity index (χ2n) is 9.96. The van der Waals surface area contributed by atoms with Crippen molar-refractivity contribution in [2.24, 2.45) is 23.7 Å². The number of imide groups is 1.